The number of methoxy groups -OCH3 is 1. The number of amides is 1. The van der Waals surface area contributed by atoms with Crippen LogP contribution < -0.4 is 10.6 Å². The molecule has 1 aliphatic rings. The van der Waals surface area contributed by atoms with Crippen molar-refractivity contribution in [2.45, 2.75) is 36.8 Å². The summed E-state index contributed by atoms with van der Waals surface area (Å²) in [5, 5.41) is 5.67. The van der Waals surface area contributed by atoms with Crippen LogP contribution in [0.1, 0.15) is 37.0 Å². The maximum atomic E-state index is 12.7. The lowest BCUT2D eigenvalue weighted by molar-refractivity contribution is 0.0511. The van der Waals surface area contributed by atoms with Gasteiger partial charge in [0, 0.05) is 19.1 Å². The molecule has 0 aliphatic carbocycles. The molecule has 1 aromatic rings. The van der Waals surface area contributed by atoms with Crippen molar-refractivity contribution in [1.29, 1.82) is 0 Å². The molecule has 1 heterocycles. The number of benzene rings is 1. The van der Waals surface area contributed by atoms with Crippen LogP contribution in [0.5, 0.6) is 0 Å². The number of carbonyl (C=O) groups excluding carboxylic acids is 1. The first-order valence-electron chi connectivity index (χ1n) is 8.63. The van der Waals surface area contributed by atoms with E-state index in [2.05, 4.69) is 10.6 Å². The van der Waals surface area contributed by atoms with Crippen molar-refractivity contribution >= 4 is 28.2 Å². The summed E-state index contributed by atoms with van der Waals surface area (Å²) in [4.78, 5) is 12.8. The lowest BCUT2D eigenvalue weighted by Crippen LogP contribution is -2.47. The Bertz CT molecular complexity index is 695. The van der Waals surface area contributed by atoms with Crippen molar-refractivity contribution in [3.63, 3.8) is 0 Å². The van der Waals surface area contributed by atoms with Gasteiger partial charge in [0.25, 0.3) is 5.91 Å². The molecule has 6 nitrogen and oxygen atoms in total. The van der Waals surface area contributed by atoms with Crippen LogP contribution in [0.2, 0.25) is 0 Å². The fourth-order valence-electron chi connectivity index (χ4n) is 3.15. The number of rotatable bonds is 7. The third-order valence-electron chi connectivity index (χ3n) is 4.80. The molecule has 1 aliphatic heterocycles. The molecule has 1 fully saturated rings. The number of carbonyl (C=O) groups is 1. The van der Waals surface area contributed by atoms with Crippen molar-refractivity contribution in [2.75, 3.05) is 33.4 Å². The molecule has 0 aromatic heterocycles. The minimum Gasteiger partial charge on any atom is -0.384 e. The summed E-state index contributed by atoms with van der Waals surface area (Å²) < 4.78 is 30.4. The van der Waals surface area contributed by atoms with Gasteiger partial charge in [0.15, 0.2) is 9.84 Å². The van der Waals surface area contributed by atoms with Gasteiger partial charge in [-0.15, -0.1) is 12.4 Å². The predicted octanol–water partition coefficient (Wildman–Crippen LogP) is 2.04. The van der Waals surface area contributed by atoms with E-state index < -0.39 is 15.1 Å². The Hall–Kier alpha value is -1.15. The van der Waals surface area contributed by atoms with Crippen LogP contribution >= 0.6 is 12.4 Å². The van der Waals surface area contributed by atoms with Gasteiger partial charge in [-0.25, -0.2) is 8.42 Å². The van der Waals surface area contributed by atoms with Crippen LogP contribution in [0.4, 0.5) is 0 Å². The first-order valence-corrected chi connectivity index (χ1v) is 10.2. The molecule has 2 N–H and O–H groups in total. The van der Waals surface area contributed by atoms with Crippen LogP contribution in [0.3, 0.4) is 0 Å². The standard InChI is InChI=1S/C18H28N2O4S.ClH/c1-14(2)25(22,23)16-7-5-4-6-15(16)17(21)20-12-18(13-24-3)8-10-19-11-9-18;/h4-7,14,19H,8-13H2,1-3H3,(H,20,21);1H. The highest BCUT2D eigenvalue weighted by Crippen LogP contribution is 2.28. The van der Waals surface area contributed by atoms with Gasteiger partial charge in [-0.05, 0) is 51.9 Å². The van der Waals surface area contributed by atoms with Gasteiger partial charge < -0.3 is 15.4 Å². The second kappa shape index (κ2) is 9.69. The van der Waals surface area contributed by atoms with E-state index in [1.807, 2.05) is 0 Å². The summed E-state index contributed by atoms with van der Waals surface area (Å²) in [5.74, 6) is -0.353. The molecule has 0 spiro atoms. The Kier molecular flexibility index (Phi) is 8.53. The van der Waals surface area contributed by atoms with E-state index in [1.54, 1.807) is 39.2 Å². The van der Waals surface area contributed by atoms with E-state index in [0.29, 0.717) is 13.2 Å². The minimum absolute atomic E-state index is 0. The summed E-state index contributed by atoms with van der Waals surface area (Å²) in [5.41, 5.74) is 0.0966. The minimum atomic E-state index is -3.52. The van der Waals surface area contributed by atoms with E-state index >= 15 is 0 Å². The smallest absolute Gasteiger partial charge is 0.252 e. The van der Waals surface area contributed by atoms with Gasteiger partial charge >= 0.3 is 0 Å². The van der Waals surface area contributed by atoms with Crippen LogP contribution in [0, 0.1) is 5.41 Å². The number of halogens is 1. The average Bonchev–Trinajstić information content (AvgIpc) is 2.60. The molecule has 148 valence electrons. The molecule has 8 heteroatoms. The lowest BCUT2D eigenvalue weighted by atomic mass is 9.79. The van der Waals surface area contributed by atoms with Gasteiger partial charge in [0.2, 0.25) is 0 Å². The lowest BCUT2D eigenvalue weighted by Gasteiger charge is -2.37. The van der Waals surface area contributed by atoms with Crippen molar-refractivity contribution in [2.24, 2.45) is 5.41 Å². The highest BCUT2D eigenvalue weighted by atomic mass is 35.5. The Balaban J connectivity index is 0.00000338. The average molecular weight is 405 g/mol. The SMILES string of the molecule is COCC1(CNC(=O)c2ccccc2S(=O)(=O)C(C)C)CCNCC1.Cl. The van der Waals surface area contributed by atoms with Crippen LogP contribution in [0.15, 0.2) is 29.2 Å². The Morgan fingerprint density at radius 3 is 2.46 bits per heavy atom. The van der Waals surface area contributed by atoms with E-state index in [4.69, 9.17) is 4.74 Å². The number of hydrogen-bond donors (Lipinski definition) is 2. The summed E-state index contributed by atoms with van der Waals surface area (Å²) >= 11 is 0. The summed E-state index contributed by atoms with van der Waals surface area (Å²) in [6, 6.07) is 6.39. The topological polar surface area (TPSA) is 84.5 Å². The monoisotopic (exact) mass is 404 g/mol. The Morgan fingerprint density at radius 1 is 1.27 bits per heavy atom. The number of nitrogens with one attached hydrogen (secondary N) is 2. The molecule has 0 unspecified atom stereocenters. The molecule has 2 rings (SSSR count). The third-order valence-corrected chi connectivity index (χ3v) is 7.01. The third kappa shape index (κ3) is 5.19. The van der Waals surface area contributed by atoms with E-state index in [9.17, 15) is 13.2 Å². The maximum absolute atomic E-state index is 12.7. The fraction of sp³-hybridized carbons (Fsp3) is 0.611. The summed E-state index contributed by atoms with van der Waals surface area (Å²) in [6.07, 6.45) is 1.82. The number of hydrogen-bond acceptors (Lipinski definition) is 5. The molecular weight excluding hydrogens is 376 g/mol. The molecule has 1 aromatic carbocycles. The zero-order valence-corrected chi connectivity index (χ0v) is 17.2. The molecule has 0 radical (unpaired) electrons. The summed E-state index contributed by atoms with van der Waals surface area (Å²) in [6.45, 7) is 6.05. The van der Waals surface area contributed by atoms with Crippen LogP contribution in [-0.4, -0.2) is 52.9 Å². The van der Waals surface area contributed by atoms with E-state index in [0.717, 1.165) is 25.9 Å². The largest absolute Gasteiger partial charge is 0.384 e. The van der Waals surface area contributed by atoms with Crippen molar-refractivity contribution < 1.29 is 17.9 Å². The normalized spacial score (nSPS) is 16.8. The van der Waals surface area contributed by atoms with Gasteiger partial charge in [-0.2, -0.15) is 0 Å². The molecular formula is C18H29ClN2O4S. The van der Waals surface area contributed by atoms with Gasteiger partial charge in [-0.1, -0.05) is 12.1 Å². The molecule has 0 saturated carbocycles. The molecule has 0 atom stereocenters. The second-order valence-electron chi connectivity index (χ2n) is 6.96. The van der Waals surface area contributed by atoms with Gasteiger partial charge in [-0.3, -0.25) is 4.79 Å². The van der Waals surface area contributed by atoms with E-state index in [-0.39, 0.29) is 34.2 Å². The van der Waals surface area contributed by atoms with Gasteiger partial charge in [0.1, 0.15) is 0 Å². The zero-order chi connectivity index (χ0) is 18.5. The first-order chi connectivity index (χ1) is 11.8. The van der Waals surface area contributed by atoms with E-state index in [1.165, 1.54) is 6.07 Å². The Morgan fingerprint density at radius 2 is 1.88 bits per heavy atom. The molecule has 1 amide bonds. The quantitative estimate of drug-likeness (QED) is 0.726. The van der Waals surface area contributed by atoms with Crippen LogP contribution in [-0.2, 0) is 14.6 Å². The van der Waals surface area contributed by atoms with Crippen molar-refractivity contribution in [3.8, 4) is 0 Å². The fourth-order valence-corrected chi connectivity index (χ4v) is 4.40. The Labute approximate surface area is 162 Å². The maximum Gasteiger partial charge on any atom is 0.252 e. The molecule has 1 saturated heterocycles. The number of sulfone groups is 1. The van der Waals surface area contributed by atoms with Crippen molar-refractivity contribution in [3.05, 3.63) is 29.8 Å². The summed E-state index contributed by atoms with van der Waals surface area (Å²) in [7, 11) is -1.85. The molecule has 0 bridgehead atoms. The number of ether oxygens (including phenoxy) is 1. The first kappa shape index (κ1) is 22.9. The van der Waals surface area contributed by atoms with Crippen LogP contribution in [0.25, 0.3) is 0 Å². The number of piperidine rings is 1. The molecule has 26 heavy (non-hydrogen) atoms. The zero-order valence-electron chi connectivity index (χ0n) is 15.6. The van der Waals surface area contributed by atoms with Crippen molar-refractivity contribution in [1.82, 2.24) is 10.6 Å². The predicted molar refractivity (Wildman–Crippen MR) is 105 cm³/mol. The highest BCUT2D eigenvalue weighted by Gasteiger charge is 2.33. The van der Waals surface area contributed by atoms with Gasteiger partial charge in [0.05, 0.1) is 22.3 Å². The highest BCUT2D eigenvalue weighted by molar-refractivity contribution is 7.92. The second-order valence-corrected chi connectivity index (χ2v) is 9.43.